The van der Waals surface area contributed by atoms with Gasteiger partial charge in [-0.15, -0.1) is 0 Å². The third kappa shape index (κ3) is 6.24. The van der Waals surface area contributed by atoms with E-state index in [4.69, 9.17) is 4.74 Å². The summed E-state index contributed by atoms with van der Waals surface area (Å²) >= 11 is 0. The van der Waals surface area contributed by atoms with Crippen LogP contribution in [0.25, 0.3) is 6.08 Å². The van der Waals surface area contributed by atoms with Crippen LogP contribution in [0.2, 0.25) is 0 Å². The summed E-state index contributed by atoms with van der Waals surface area (Å²) in [5.74, 6) is -1.38. The van der Waals surface area contributed by atoms with Gasteiger partial charge in [0.2, 0.25) is 0 Å². The number of imide groups is 1. The normalized spacial score (nSPS) is 10.4. The zero-order chi connectivity index (χ0) is 18.9. The lowest BCUT2D eigenvalue weighted by Crippen LogP contribution is -2.37. The number of esters is 1. The molecule has 3 amide bonds. The van der Waals surface area contributed by atoms with Gasteiger partial charge in [0.1, 0.15) is 0 Å². The van der Waals surface area contributed by atoms with Crippen LogP contribution in [-0.4, -0.2) is 24.5 Å². The molecule has 6 heteroatoms. The summed E-state index contributed by atoms with van der Waals surface area (Å²) in [6.45, 7) is 3.25. The van der Waals surface area contributed by atoms with Gasteiger partial charge in [0, 0.05) is 11.8 Å². The Bertz CT molecular complexity index is 829. The Balaban J connectivity index is 1.76. The lowest BCUT2D eigenvalue weighted by molar-refractivity contribution is -0.143. The minimum atomic E-state index is -0.714. The van der Waals surface area contributed by atoms with Gasteiger partial charge in [-0.25, -0.2) is 9.59 Å². The van der Waals surface area contributed by atoms with E-state index < -0.39 is 24.5 Å². The smallest absolute Gasteiger partial charge is 0.331 e. The highest BCUT2D eigenvalue weighted by Gasteiger charge is 2.11. The average Bonchev–Trinajstić information content (AvgIpc) is 2.61. The molecule has 0 spiro atoms. The second-order valence-corrected chi connectivity index (χ2v) is 5.67. The molecule has 0 saturated heterocycles. The number of urea groups is 1. The summed E-state index contributed by atoms with van der Waals surface area (Å²) in [5.41, 5.74) is 3.38. The first kappa shape index (κ1) is 18.9. The van der Waals surface area contributed by atoms with Crippen molar-refractivity contribution in [2.45, 2.75) is 13.8 Å². The molecule has 0 saturated carbocycles. The summed E-state index contributed by atoms with van der Waals surface area (Å²) in [6, 6.07) is 14.0. The van der Waals surface area contributed by atoms with Crippen LogP contribution >= 0.6 is 0 Å². The van der Waals surface area contributed by atoms with Crippen molar-refractivity contribution in [1.82, 2.24) is 5.32 Å². The molecule has 0 aliphatic rings. The van der Waals surface area contributed by atoms with E-state index in [0.717, 1.165) is 16.7 Å². The predicted molar refractivity (Wildman–Crippen MR) is 99.5 cm³/mol. The number of amides is 3. The predicted octanol–water partition coefficient (Wildman–Crippen LogP) is 3.21. The molecule has 0 aliphatic carbocycles. The van der Waals surface area contributed by atoms with Crippen LogP contribution in [-0.2, 0) is 14.3 Å². The van der Waals surface area contributed by atoms with Crippen LogP contribution in [0.4, 0.5) is 10.5 Å². The lowest BCUT2D eigenvalue weighted by Gasteiger charge is -2.09. The Morgan fingerprint density at radius 1 is 1.04 bits per heavy atom. The number of aryl methyl sites for hydroxylation is 2. The molecule has 6 nitrogen and oxygen atoms in total. The first-order valence-electron chi connectivity index (χ1n) is 8.02. The van der Waals surface area contributed by atoms with Crippen molar-refractivity contribution in [2.75, 3.05) is 11.9 Å². The first-order chi connectivity index (χ1) is 12.4. The molecule has 0 unspecified atom stereocenters. The van der Waals surface area contributed by atoms with Crippen LogP contribution in [0.5, 0.6) is 0 Å². The fraction of sp³-hybridized carbons (Fsp3) is 0.150. The highest BCUT2D eigenvalue weighted by atomic mass is 16.5. The molecule has 0 atom stereocenters. The first-order valence-corrected chi connectivity index (χ1v) is 8.02. The third-order valence-corrected chi connectivity index (χ3v) is 3.44. The van der Waals surface area contributed by atoms with Crippen LogP contribution < -0.4 is 10.6 Å². The van der Waals surface area contributed by atoms with Crippen molar-refractivity contribution in [3.8, 4) is 0 Å². The van der Waals surface area contributed by atoms with Gasteiger partial charge in [-0.2, -0.15) is 0 Å². The van der Waals surface area contributed by atoms with Crippen molar-refractivity contribution in [2.24, 2.45) is 0 Å². The van der Waals surface area contributed by atoms with Gasteiger partial charge in [-0.1, -0.05) is 48.0 Å². The quantitative estimate of drug-likeness (QED) is 0.639. The largest absolute Gasteiger partial charge is 0.452 e. The van der Waals surface area contributed by atoms with Gasteiger partial charge in [0.05, 0.1) is 0 Å². The molecule has 0 radical (unpaired) electrons. The second-order valence-electron chi connectivity index (χ2n) is 5.67. The molecular weight excluding hydrogens is 332 g/mol. The molecule has 2 aromatic carbocycles. The number of hydrogen-bond acceptors (Lipinski definition) is 4. The standard InChI is InChI=1S/C20H20N2O4/c1-14-8-10-17(15(2)12-14)21-20(25)22-18(23)13-26-19(24)11-9-16-6-4-3-5-7-16/h3-12H,13H2,1-2H3,(H2,21,22,23,25)/b11-9+. The van der Waals surface area contributed by atoms with E-state index in [9.17, 15) is 14.4 Å². The van der Waals surface area contributed by atoms with E-state index >= 15 is 0 Å². The minimum absolute atomic E-state index is 0.543. The zero-order valence-corrected chi connectivity index (χ0v) is 14.6. The van der Waals surface area contributed by atoms with Crippen LogP contribution in [0.15, 0.2) is 54.6 Å². The van der Waals surface area contributed by atoms with E-state index in [1.807, 2.05) is 56.3 Å². The number of ether oxygens (including phenoxy) is 1. The van der Waals surface area contributed by atoms with Crippen LogP contribution in [0.1, 0.15) is 16.7 Å². The third-order valence-electron chi connectivity index (χ3n) is 3.44. The van der Waals surface area contributed by atoms with Crippen molar-refractivity contribution in [1.29, 1.82) is 0 Å². The summed E-state index contributed by atoms with van der Waals surface area (Å²) < 4.78 is 4.80. The van der Waals surface area contributed by atoms with Crippen LogP contribution in [0, 0.1) is 13.8 Å². The maximum absolute atomic E-state index is 11.8. The van der Waals surface area contributed by atoms with Gasteiger partial charge in [0.15, 0.2) is 6.61 Å². The van der Waals surface area contributed by atoms with Crippen molar-refractivity contribution in [3.05, 3.63) is 71.3 Å². The second kappa shape index (κ2) is 9.17. The molecule has 134 valence electrons. The summed E-state index contributed by atoms with van der Waals surface area (Å²) in [5, 5.41) is 4.69. The molecule has 0 heterocycles. The number of carbonyl (C=O) groups is 3. The van der Waals surface area contributed by atoms with E-state index in [-0.39, 0.29) is 0 Å². The number of anilines is 1. The fourth-order valence-electron chi connectivity index (χ4n) is 2.18. The van der Waals surface area contributed by atoms with E-state index in [0.29, 0.717) is 5.69 Å². The Morgan fingerprint density at radius 2 is 1.77 bits per heavy atom. The number of benzene rings is 2. The molecule has 2 rings (SSSR count). The maximum atomic E-state index is 11.8. The van der Waals surface area contributed by atoms with Gasteiger partial charge < -0.3 is 10.1 Å². The van der Waals surface area contributed by atoms with E-state index in [1.54, 1.807) is 12.1 Å². The molecule has 0 fully saturated rings. The molecular formula is C20H20N2O4. The Morgan fingerprint density at radius 3 is 2.46 bits per heavy atom. The van der Waals surface area contributed by atoms with Crippen molar-refractivity contribution >= 4 is 29.7 Å². The fourth-order valence-corrected chi connectivity index (χ4v) is 2.18. The molecule has 0 aromatic heterocycles. The molecule has 0 bridgehead atoms. The van der Waals surface area contributed by atoms with E-state index in [1.165, 1.54) is 6.08 Å². The average molecular weight is 352 g/mol. The number of carbonyl (C=O) groups excluding carboxylic acids is 3. The summed E-state index contributed by atoms with van der Waals surface area (Å²) in [4.78, 5) is 35.1. The van der Waals surface area contributed by atoms with Gasteiger partial charge in [-0.05, 0) is 37.1 Å². The number of rotatable bonds is 5. The SMILES string of the molecule is Cc1ccc(NC(=O)NC(=O)COC(=O)/C=C/c2ccccc2)c(C)c1. The number of hydrogen-bond donors (Lipinski definition) is 2. The summed E-state index contributed by atoms with van der Waals surface area (Å²) in [7, 11) is 0. The highest BCUT2D eigenvalue weighted by Crippen LogP contribution is 2.15. The summed E-state index contributed by atoms with van der Waals surface area (Å²) in [6.07, 6.45) is 2.80. The Labute approximate surface area is 151 Å². The molecule has 2 aromatic rings. The number of nitrogens with one attached hydrogen (secondary N) is 2. The highest BCUT2D eigenvalue weighted by molar-refractivity contribution is 6.02. The molecule has 2 N–H and O–H groups in total. The minimum Gasteiger partial charge on any atom is -0.452 e. The van der Waals surface area contributed by atoms with E-state index in [2.05, 4.69) is 10.6 Å². The van der Waals surface area contributed by atoms with Gasteiger partial charge in [-0.3, -0.25) is 10.1 Å². The lowest BCUT2D eigenvalue weighted by atomic mass is 10.1. The molecule has 26 heavy (non-hydrogen) atoms. The van der Waals surface area contributed by atoms with Gasteiger partial charge in [0.25, 0.3) is 5.91 Å². The maximum Gasteiger partial charge on any atom is 0.331 e. The molecule has 0 aliphatic heterocycles. The van der Waals surface area contributed by atoms with Gasteiger partial charge >= 0.3 is 12.0 Å². The monoisotopic (exact) mass is 352 g/mol. The van der Waals surface area contributed by atoms with Crippen molar-refractivity contribution < 1.29 is 19.1 Å². The Hall–Kier alpha value is -3.41. The Kier molecular flexibility index (Phi) is 6.68. The zero-order valence-electron chi connectivity index (χ0n) is 14.6. The van der Waals surface area contributed by atoms with Crippen LogP contribution in [0.3, 0.4) is 0 Å². The topological polar surface area (TPSA) is 84.5 Å². The van der Waals surface area contributed by atoms with Crippen molar-refractivity contribution in [3.63, 3.8) is 0 Å².